The van der Waals surface area contributed by atoms with E-state index in [0.717, 1.165) is 62.0 Å². The van der Waals surface area contributed by atoms with Gasteiger partial charge in [0.1, 0.15) is 29.3 Å². The molecule has 1 unspecified atom stereocenters. The first-order valence-corrected chi connectivity index (χ1v) is 11.1. The van der Waals surface area contributed by atoms with Crippen LogP contribution in [0.3, 0.4) is 0 Å². The average molecular weight is 443 g/mol. The van der Waals surface area contributed by atoms with E-state index in [9.17, 15) is 4.39 Å². The van der Waals surface area contributed by atoms with Crippen molar-refractivity contribution >= 4 is 17.6 Å². The number of morpholine rings is 1. The molecule has 8 heteroatoms. The van der Waals surface area contributed by atoms with Crippen LogP contribution >= 0.6 is 0 Å². The molecule has 1 atom stereocenters. The summed E-state index contributed by atoms with van der Waals surface area (Å²) in [6.45, 7) is 8.89. The number of anilines is 2. The smallest absolute Gasteiger partial charge is 0.141 e. The molecule has 1 aliphatic heterocycles. The summed E-state index contributed by atoms with van der Waals surface area (Å²) in [5.74, 6) is 1.19. The Labute approximate surface area is 188 Å². The maximum Gasteiger partial charge on any atom is 0.141 e. The van der Waals surface area contributed by atoms with Gasteiger partial charge in [-0.3, -0.25) is 4.90 Å². The zero-order valence-corrected chi connectivity index (χ0v) is 19.0. The summed E-state index contributed by atoms with van der Waals surface area (Å²) in [6, 6.07) is 4.91. The molecule has 1 fully saturated rings. The molecule has 1 aromatic carbocycles. The van der Waals surface area contributed by atoms with Crippen LogP contribution in [0.5, 0.6) is 0 Å². The van der Waals surface area contributed by atoms with Crippen LogP contribution in [0.1, 0.15) is 30.2 Å². The van der Waals surface area contributed by atoms with Crippen molar-refractivity contribution in [1.82, 2.24) is 14.9 Å². The second-order valence-corrected chi connectivity index (χ2v) is 8.45. The van der Waals surface area contributed by atoms with Crippen LogP contribution in [0.15, 0.2) is 30.3 Å². The molecule has 1 saturated heterocycles. The van der Waals surface area contributed by atoms with Gasteiger partial charge in [-0.2, -0.15) is 0 Å². The highest BCUT2D eigenvalue weighted by Crippen LogP contribution is 2.37. The molecule has 2 heterocycles. The lowest BCUT2D eigenvalue weighted by Crippen LogP contribution is -2.38. The van der Waals surface area contributed by atoms with E-state index in [2.05, 4.69) is 20.2 Å². The molecule has 1 aromatic heterocycles. The highest BCUT2D eigenvalue weighted by Gasteiger charge is 2.37. The fourth-order valence-electron chi connectivity index (χ4n) is 4.04. The summed E-state index contributed by atoms with van der Waals surface area (Å²) in [4.78, 5) is 11.3. The highest BCUT2D eigenvalue weighted by molar-refractivity contribution is 5.73. The van der Waals surface area contributed by atoms with E-state index < -0.39 is 5.60 Å². The van der Waals surface area contributed by atoms with Gasteiger partial charge in [0.05, 0.1) is 25.5 Å². The van der Waals surface area contributed by atoms with Crippen LogP contribution < -0.4 is 5.32 Å². The number of aromatic nitrogens is 2. The third-order valence-corrected chi connectivity index (χ3v) is 6.12. The van der Waals surface area contributed by atoms with E-state index in [1.807, 2.05) is 13.0 Å². The minimum absolute atomic E-state index is 0.233. The van der Waals surface area contributed by atoms with E-state index >= 15 is 0 Å². The lowest BCUT2D eigenvalue weighted by atomic mass is 9.88. The standard InChI is InChI=1S/C24H31FN4O3/c1-17-13-18(5-6-20(17)25)28-23-19-14-22(24(2,30-3)15-21(19)26-16-27-23)32-10-4-7-29-8-11-31-12-9-29/h5-6,13-14,16H,4,7-12,15H2,1-3H3,(H,26,27,28). The summed E-state index contributed by atoms with van der Waals surface area (Å²) >= 11 is 0. The summed E-state index contributed by atoms with van der Waals surface area (Å²) in [7, 11) is 1.69. The molecule has 4 rings (SSSR count). The maximum atomic E-state index is 13.7. The molecule has 7 nitrogen and oxygen atoms in total. The van der Waals surface area contributed by atoms with E-state index in [1.54, 1.807) is 26.2 Å². The van der Waals surface area contributed by atoms with E-state index in [-0.39, 0.29) is 5.82 Å². The number of methoxy groups -OCH3 is 1. The zero-order chi connectivity index (χ0) is 22.6. The first kappa shape index (κ1) is 22.6. The lowest BCUT2D eigenvalue weighted by molar-refractivity contribution is -0.0167. The SMILES string of the molecule is COC1(C)Cc2ncnc(Nc3ccc(F)c(C)c3)c2C=C1OCCCN1CCOCC1. The van der Waals surface area contributed by atoms with Gasteiger partial charge in [0.2, 0.25) is 0 Å². The minimum atomic E-state index is -0.593. The van der Waals surface area contributed by atoms with Crippen LogP contribution in [0.2, 0.25) is 0 Å². The second kappa shape index (κ2) is 9.94. The Morgan fingerprint density at radius 3 is 2.81 bits per heavy atom. The molecular weight excluding hydrogens is 411 g/mol. The van der Waals surface area contributed by atoms with Gasteiger partial charge >= 0.3 is 0 Å². The third kappa shape index (κ3) is 5.09. The Morgan fingerprint density at radius 1 is 1.25 bits per heavy atom. The molecule has 32 heavy (non-hydrogen) atoms. The molecule has 0 bridgehead atoms. The highest BCUT2D eigenvalue weighted by atomic mass is 19.1. The van der Waals surface area contributed by atoms with Crippen LogP contribution in [-0.2, 0) is 20.6 Å². The average Bonchev–Trinajstić information content (AvgIpc) is 2.80. The number of benzene rings is 1. The molecule has 0 amide bonds. The Kier molecular flexibility index (Phi) is 7.03. The molecular formula is C24H31FN4O3. The normalized spacial score (nSPS) is 21.1. The fourth-order valence-corrected chi connectivity index (χ4v) is 4.04. The summed E-state index contributed by atoms with van der Waals surface area (Å²) in [5.41, 5.74) is 2.50. The number of hydrogen-bond acceptors (Lipinski definition) is 7. The summed E-state index contributed by atoms with van der Waals surface area (Å²) in [5, 5.41) is 3.30. The van der Waals surface area contributed by atoms with E-state index in [1.165, 1.54) is 12.4 Å². The number of nitrogens with zero attached hydrogens (tertiary/aromatic N) is 3. The molecule has 172 valence electrons. The number of fused-ring (bicyclic) bond motifs is 1. The number of ether oxygens (including phenoxy) is 3. The van der Waals surface area contributed by atoms with Gasteiger partial charge in [-0.05, 0) is 50.1 Å². The van der Waals surface area contributed by atoms with Gasteiger partial charge in [-0.15, -0.1) is 0 Å². The van der Waals surface area contributed by atoms with Gasteiger partial charge in [0, 0.05) is 44.4 Å². The van der Waals surface area contributed by atoms with Crippen molar-refractivity contribution in [2.45, 2.75) is 32.3 Å². The zero-order valence-electron chi connectivity index (χ0n) is 19.0. The number of aryl methyl sites for hydroxylation is 1. The Hall–Kier alpha value is -2.55. The molecule has 0 radical (unpaired) electrons. The van der Waals surface area contributed by atoms with Crippen molar-refractivity contribution < 1.29 is 18.6 Å². The van der Waals surface area contributed by atoms with Gasteiger partial charge in [0.25, 0.3) is 0 Å². The van der Waals surface area contributed by atoms with Gasteiger partial charge in [-0.1, -0.05) is 0 Å². The van der Waals surface area contributed by atoms with Gasteiger partial charge in [0.15, 0.2) is 0 Å². The number of rotatable bonds is 8. The summed E-state index contributed by atoms with van der Waals surface area (Å²) in [6.07, 6.45) is 5.01. The molecule has 2 aromatic rings. The lowest BCUT2D eigenvalue weighted by Gasteiger charge is -2.34. The van der Waals surface area contributed by atoms with Crippen LogP contribution in [-0.4, -0.2) is 67.0 Å². The first-order valence-electron chi connectivity index (χ1n) is 11.1. The Balaban J connectivity index is 1.50. The largest absolute Gasteiger partial charge is 0.495 e. The molecule has 1 aliphatic carbocycles. The predicted molar refractivity (Wildman–Crippen MR) is 121 cm³/mol. The first-order chi connectivity index (χ1) is 15.5. The van der Waals surface area contributed by atoms with Gasteiger partial charge < -0.3 is 19.5 Å². The van der Waals surface area contributed by atoms with Crippen LogP contribution in [0.25, 0.3) is 6.08 Å². The Bertz CT molecular complexity index is 978. The van der Waals surface area contributed by atoms with Crippen molar-refractivity contribution in [3.8, 4) is 0 Å². The maximum absolute atomic E-state index is 13.7. The number of nitrogens with one attached hydrogen (secondary N) is 1. The molecule has 1 N–H and O–H groups in total. The van der Waals surface area contributed by atoms with Gasteiger partial charge in [-0.25, -0.2) is 14.4 Å². The third-order valence-electron chi connectivity index (χ3n) is 6.12. The Morgan fingerprint density at radius 2 is 2.06 bits per heavy atom. The predicted octanol–water partition coefficient (Wildman–Crippen LogP) is 3.71. The number of halogens is 1. The fraction of sp³-hybridized carbons (Fsp3) is 0.500. The summed E-state index contributed by atoms with van der Waals surface area (Å²) < 4.78 is 31.1. The van der Waals surface area contributed by atoms with E-state index in [4.69, 9.17) is 14.2 Å². The molecule has 2 aliphatic rings. The topological polar surface area (TPSA) is 68.7 Å². The second-order valence-electron chi connectivity index (χ2n) is 8.45. The number of hydrogen-bond donors (Lipinski definition) is 1. The van der Waals surface area contributed by atoms with Crippen LogP contribution in [0, 0.1) is 12.7 Å². The molecule has 0 saturated carbocycles. The van der Waals surface area contributed by atoms with Crippen molar-refractivity contribution in [2.75, 3.05) is 51.9 Å². The van der Waals surface area contributed by atoms with Crippen molar-refractivity contribution in [3.63, 3.8) is 0 Å². The van der Waals surface area contributed by atoms with Crippen molar-refractivity contribution in [3.05, 3.63) is 52.9 Å². The molecule has 0 spiro atoms. The van der Waals surface area contributed by atoms with Crippen LogP contribution in [0.4, 0.5) is 15.9 Å². The van der Waals surface area contributed by atoms with Crippen molar-refractivity contribution in [1.29, 1.82) is 0 Å². The van der Waals surface area contributed by atoms with Crippen molar-refractivity contribution in [2.24, 2.45) is 0 Å². The minimum Gasteiger partial charge on any atom is -0.495 e. The van der Waals surface area contributed by atoms with E-state index in [0.29, 0.717) is 24.4 Å². The monoisotopic (exact) mass is 442 g/mol. The quantitative estimate of drug-likeness (QED) is 0.625.